The van der Waals surface area contributed by atoms with E-state index in [1.54, 1.807) is 18.9 Å². The zero-order valence-electron chi connectivity index (χ0n) is 8.87. The molecule has 74 valence electrons. The summed E-state index contributed by atoms with van der Waals surface area (Å²) in [6.07, 6.45) is 0.986. The molecule has 0 radical (unpaired) electrons. The van der Waals surface area contributed by atoms with Crippen LogP contribution >= 0.6 is 0 Å². The minimum absolute atomic E-state index is 0.0804. The summed E-state index contributed by atoms with van der Waals surface area (Å²) in [5, 5.41) is 8.53. The van der Waals surface area contributed by atoms with Gasteiger partial charge >= 0.3 is 0 Å². The van der Waals surface area contributed by atoms with Crippen LogP contribution in [0, 0.1) is 23.2 Å². The SMILES string of the molecule is CC(C)CCN(C)C(=O)C(C)C#N. The van der Waals surface area contributed by atoms with Crippen molar-refractivity contribution >= 4 is 5.91 Å². The van der Waals surface area contributed by atoms with Crippen molar-refractivity contribution in [2.45, 2.75) is 27.2 Å². The highest BCUT2D eigenvalue weighted by Gasteiger charge is 2.16. The van der Waals surface area contributed by atoms with Crippen molar-refractivity contribution < 1.29 is 4.79 Å². The van der Waals surface area contributed by atoms with E-state index >= 15 is 0 Å². The topological polar surface area (TPSA) is 44.1 Å². The number of hydrogen-bond acceptors (Lipinski definition) is 2. The van der Waals surface area contributed by atoms with Gasteiger partial charge in [-0.25, -0.2) is 0 Å². The largest absolute Gasteiger partial charge is 0.345 e. The Kier molecular flexibility index (Phi) is 5.13. The van der Waals surface area contributed by atoms with Crippen molar-refractivity contribution in [2.75, 3.05) is 13.6 Å². The fourth-order valence-corrected chi connectivity index (χ4v) is 0.948. The van der Waals surface area contributed by atoms with Crippen molar-refractivity contribution in [3.63, 3.8) is 0 Å². The third-order valence-corrected chi connectivity index (χ3v) is 1.98. The molecule has 0 bridgehead atoms. The van der Waals surface area contributed by atoms with E-state index in [0.29, 0.717) is 5.92 Å². The average molecular weight is 182 g/mol. The summed E-state index contributed by atoms with van der Waals surface area (Å²) in [5.74, 6) is -0.00652. The molecule has 1 amide bonds. The number of carbonyl (C=O) groups excluding carboxylic acids is 1. The maximum atomic E-state index is 11.4. The number of nitrogens with zero attached hydrogens (tertiary/aromatic N) is 2. The Bertz CT molecular complexity index is 205. The lowest BCUT2D eigenvalue weighted by Gasteiger charge is -2.19. The maximum absolute atomic E-state index is 11.4. The number of carbonyl (C=O) groups is 1. The number of nitriles is 1. The van der Waals surface area contributed by atoms with Gasteiger partial charge in [0.25, 0.3) is 0 Å². The van der Waals surface area contributed by atoms with Gasteiger partial charge in [-0.05, 0) is 19.3 Å². The summed E-state index contributed by atoms with van der Waals surface area (Å²) in [7, 11) is 1.75. The molecule has 0 saturated heterocycles. The smallest absolute Gasteiger partial charge is 0.239 e. The highest BCUT2D eigenvalue weighted by atomic mass is 16.2. The lowest BCUT2D eigenvalue weighted by molar-refractivity contribution is -0.132. The van der Waals surface area contributed by atoms with Crippen LogP contribution in [0.5, 0.6) is 0 Å². The van der Waals surface area contributed by atoms with Crippen LogP contribution in [0.2, 0.25) is 0 Å². The molecular weight excluding hydrogens is 164 g/mol. The molecule has 0 aromatic heterocycles. The van der Waals surface area contributed by atoms with Gasteiger partial charge in [-0.3, -0.25) is 4.79 Å². The minimum atomic E-state index is -0.517. The van der Waals surface area contributed by atoms with Crippen LogP contribution in [0.1, 0.15) is 27.2 Å². The molecule has 3 heteroatoms. The van der Waals surface area contributed by atoms with Crippen LogP contribution in [0.15, 0.2) is 0 Å². The summed E-state index contributed by atoms with van der Waals surface area (Å²) in [5.41, 5.74) is 0. The second kappa shape index (κ2) is 5.58. The molecule has 0 aromatic carbocycles. The normalized spacial score (nSPS) is 12.3. The first kappa shape index (κ1) is 12.0. The van der Waals surface area contributed by atoms with E-state index in [4.69, 9.17) is 5.26 Å². The third-order valence-electron chi connectivity index (χ3n) is 1.98. The van der Waals surface area contributed by atoms with Gasteiger partial charge in [0, 0.05) is 13.6 Å². The van der Waals surface area contributed by atoms with Crippen LogP contribution in [-0.4, -0.2) is 24.4 Å². The van der Waals surface area contributed by atoms with E-state index in [1.165, 1.54) is 0 Å². The molecule has 0 aliphatic carbocycles. The average Bonchev–Trinajstić information content (AvgIpc) is 2.11. The van der Waals surface area contributed by atoms with Crippen molar-refractivity contribution in [1.29, 1.82) is 5.26 Å². The molecule has 0 rings (SSSR count). The van der Waals surface area contributed by atoms with E-state index in [0.717, 1.165) is 13.0 Å². The Labute approximate surface area is 80.3 Å². The first-order valence-corrected chi connectivity index (χ1v) is 4.63. The molecule has 1 unspecified atom stereocenters. The van der Waals surface area contributed by atoms with Crippen LogP contribution in [-0.2, 0) is 4.79 Å². The fraction of sp³-hybridized carbons (Fsp3) is 0.800. The quantitative estimate of drug-likeness (QED) is 0.663. The standard InChI is InChI=1S/C10H18N2O/c1-8(2)5-6-12(4)10(13)9(3)7-11/h8-9H,5-6H2,1-4H3. The summed E-state index contributed by atoms with van der Waals surface area (Å²) in [6, 6.07) is 1.94. The van der Waals surface area contributed by atoms with Crippen LogP contribution in [0.25, 0.3) is 0 Å². The maximum Gasteiger partial charge on any atom is 0.239 e. The Morgan fingerprint density at radius 1 is 1.46 bits per heavy atom. The summed E-state index contributed by atoms with van der Waals surface area (Å²) in [4.78, 5) is 13.0. The highest BCUT2D eigenvalue weighted by Crippen LogP contribution is 2.04. The lowest BCUT2D eigenvalue weighted by atomic mass is 10.1. The molecule has 0 aromatic rings. The number of rotatable bonds is 4. The van der Waals surface area contributed by atoms with Crippen molar-refractivity contribution in [2.24, 2.45) is 11.8 Å². The number of hydrogen-bond donors (Lipinski definition) is 0. The molecule has 0 aliphatic rings. The van der Waals surface area contributed by atoms with Gasteiger partial charge in [0.15, 0.2) is 0 Å². The molecule has 0 saturated carbocycles. The Hall–Kier alpha value is -1.04. The van der Waals surface area contributed by atoms with Gasteiger partial charge in [-0.15, -0.1) is 0 Å². The second-order valence-corrected chi connectivity index (χ2v) is 3.79. The monoisotopic (exact) mass is 182 g/mol. The van der Waals surface area contributed by atoms with Crippen molar-refractivity contribution in [3.8, 4) is 6.07 Å². The van der Waals surface area contributed by atoms with Crippen molar-refractivity contribution in [3.05, 3.63) is 0 Å². The van der Waals surface area contributed by atoms with E-state index < -0.39 is 5.92 Å². The Balaban J connectivity index is 3.91. The Morgan fingerprint density at radius 3 is 2.38 bits per heavy atom. The molecule has 1 atom stereocenters. The molecule has 13 heavy (non-hydrogen) atoms. The number of amides is 1. The third kappa shape index (κ3) is 4.51. The molecule has 0 spiro atoms. The molecule has 0 N–H and O–H groups in total. The molecule has 3 nitrogen and oxygen atoms in total. The van der Waals surface area contributed by atoms with Crippen LogP contribution in [0.3, 0.4) is 0 Å². The zero-order valence-corrected chi connectivity index (χ0v) is 8.87. The predicted octanol–water partition coefficient (Wildman–Crippen LogP) is 1.65. The predicted molar refractivity (Wildman–Crippen MR) is 51.9 cm³/mol. The van der Waals surface area contributed by atoms with E-state index in [9.17, 15) is 4.79 Å². The summed E-state index contributed by atoms with van der Waals surface area (Å²) in [6.45, 7) is 6.61. The molecular formula is C10H18N2O. The van der Waals surface area contributed by atoms with Crippen molar-refractivity contribution in [1.82, 2.24) is 4.90 Å². The van der Waals surface area contributed by atoms with E-state index in [1.807, 2.05) is 6.07 Å². The Morgan fingerprint density at radius 2 is 2.00 bits per heavy atom. The van der Waals surface area contributed by atoms with Gasteiger partial charge in [0.1, 0.15) is 5.92 Å². The minimum Gasteiger partial charge on any atom is -0.345 e. The van der Waals surface area contributed by atoms with Gasteiger partial charge in [0.05, 0.1) is 6.07 Å². The van der Waals surface area contributed by atoms with Gasteiger partial charge < -0.3 is 4.90 Å². The van der Waals surface area contributed by atoms with Gasteiger partial charge in [-0.1, -0.05) is 13.8 Å². The summed E-state index contributed by atoms with van der Waals surface area (Å²) < 4.78 is 0. The van der Waals surface area contributed by atoms with E-state index in [2.05, 4.69) is 13.8 Å². The second-order valence-electron chi connectivity index (χ2n) is 3.79. The highest BCUT2D eigenvalue weighted by molar-refractivity contribution is 5.80. The molecule has 0 heterocycles. The summed E-state index contributed by atoms with van der Waals surface area (Å²) >= 11 is 0. The van der Waals surface area contributed by atoms with Crippen LogP contribution < -0.4 is 0 Å². The molecule has 0 fully saturated rings. The fourth-order valence-electron chi connectivity index (χ4n) is 0.948. The lowest BCUT2D eigenvalue weighted by Crippen LogP contribution is -2.32. The van der Waals surface area contributed by atoms with Crippen LogP contribution in [0.4, 0.5) is 0 Å². The first-order chi connectivity index (χ1) is 5.99. The zero-order chi connectivity index (χ0) is 10.4. The van der Waals surface area contributed by atoms with E-state index in [-0.39, 0.29) is 5.91 Å². The first-order valence-electron chi connectivity index (χ1n) is 4.63. The molecule has 0 aliphatic heterocycles. The van der Waals surface area contributed by atoms with Gasteiger partial charge in [0.2, 0.25) is 5.91 Å². The van der Waals surface area contributed by atoms with Gasteiger partial charge in [-0.2, -0.15) is 5.26 Å².